The molecule has 3 rings (SSSR count). The molecule has 0 aliphatic rings. The summed E-state index contributed by atoms with van der Waals surface area (Å²) in [6.07, 6.45) is 0. The van der Waals surface area contributed by atoms with E-state index < -0.39 is 5.97 Å². The van der Waals surface area contributed by atoms with Crippen LogP contribution in [0.2, 0.25) is 0 Å². The van der Waals surface area contributed by atoms with Gasteiger partial charge in [0.15, 0.2) is 5.13 Å². The third kappa shape index (κ3) is 3.50. The number of halogens is 1. The molecule has 2 heterocycles. The van der Waals surface area contributed by atoms with Gasteiger partial charge >= 0.3 is 5.97 Å². The third-order valence-corrected chi connectivity index (χ3v) is 4.90. The summed E-state index contributed by atoms with van der Waals surface area (Å²) < 4.78 is 17.6. The molecule has 1 amide bonds. The summed E-state index contributed by atoms with van der Waals surface area (Å²) >= 11 is 2.31. The van der Waals surface area contributed by atoms with E-state index in [1.54, 1.807) is 23.6 Å². The Bertz CT molecular complexity index is 887. The number of nitrogens with one attached hydrogen (secondary N) is 1. The third-order valence-electron chi connectivity index (χ3n) is 3.08. The molecule has 8 heteroatoms. The first-order valence-electron chi connectivity index (χ1n) is 6.78. The normalized spacial score (nSPS) is 10.4. The van der Waals surface area contributed by atoms with E-state index in [4.69, 9.17) is 0 Å². The molecule has 0 fully saturated rings. The maximum absolute atomic E-state index is 12.9. The zero-order valence-corrected chi connectivity index (χ0v) is 14.0. The van der Waals surface area contributed by atoms with Crippen LogP contribution < -0.4 is 5.32 Å². The van der Waals surface area contributed by atoms with Crippen molar-refractivity contribution in [2.75, 3.05) is 12.4 Å². The summed E-state index contributed by atoms with van der Waals surface area (Å²) in [6.45, 7) is 0. The number of anilines is 1. The zero-order chi connectivity index (χ0) is 17.1. The van der Waals surface area contributed by atoms with Crippen molar-refractivity contribution in [3.8, 4) is 11.3 Å². The van der Waals surface area contributed by atoms with Gasteiger partial charge in [-0.15, -0.1) is 22.7 Å². The molecule has 122 valence electrons. The molecule has 5 nitrogen and oxygen atoms in total. The van der Waals surface area contributed by atoms with E-state index in [1.807, 2.05) is 0 Å². The SMILES string of the molecule is COC(=O)c1ccc(C(=O)Nc2nc(-c3ccc(F)cc3)cs2)s1. The molecule has 3 aromatic rings. The number of methoxy groups -OCH3 is 1. The highest BCUT2D eigenvalue weighted by molar-refractivity contribution is 7.16. The molecule has 0 spiro atoms. The summed E-state index contributed by atoms with van der Waals surface area (Å²) in [5, 5.41) is 4.88. The van der Waals surface area contributed by atoms with Gasteiger partial charge < -0.3 is 4.74 Å². The fraction of sp³-hybridized carbons (Fsp3) is 0.0625. The minimum Gasteiger partial charge on any atom is -0.465 e. The standard InChI is InChI=1S/C16H11FN2O3S2/c1-22-15(21)13-7-6-12(24-13)14(20)19-16-18-11(8-23-16)9-2-4-10(17)5-3-9/h2-8H,1H3,(H,18,19,20). The maximum Gasteiger partial charge on any atom is 0.348 e. The van der Waals surface area contributed by atoms with E-state index in [2.05, 4.69) is 15.0 Å². The lowest BCUT2D eigenvalue weighted by atomic mass is 10.2. The Hall–Kier alpha value is -2.58. The second-order valence-electron chi connectivity index (χ2n) is 4.65. The number of amides is 1. The summed E-state index contributed by atoms with van der Waals surface area (Å²) in [4.78, 5) is 28.7. The molecule has 0 bridgehead atoms. The molecule has 2 aromatic heterocycles. The van der Waals surface area contributed by atoms with Gasteiger partial charge in [0.1, 0.15) is 10.7 Å². The lowest BCUT2D eigenvalue weighted by molar-refractivity contribution is 0.0606. The summed E-state index contributed by atoms with van der Waals surface area (Å²) in [5.41, 5.74) is 1.41. The van der Waals surface area contributed by atoms with E-state index in [1.165, 1.54) is 36.6 Å². The van der Waals surface area contributed by atoms with Crippen molar-refractivity contribution in [3.05, 3.63) is 57.3 Å². The van der Waals surface area contributed by atoms with Gasteiger partial charge in [-0.1, -0.05) is 0 Å². The van der Waals surface area contributed by atoms with Crippen molar-refractivity contribution in [1.29, 1.82) is 0 Å². The smallest absolute Gasteiger partial charge is 0.348 e. The van der Waals surface area contributed by atoms with Crippen LogP contribution in [0.1, 0.15) is 19.3 Å². The van der Waals surface area contributed by atoms with Crippen molar-refractivity contribution in [2.24, 2.45) is 0 Å². The van der Waals surface area contributed by atoms with Crippen LogP contribution >= 0.6 is 22.7 Å². The first kappa shape index (κ1) is 16.3. The van der Waals surface area contributed by atoms with Crippen LogP contribution in [-0.4, -0.2) is 24.0 Å². The number of nitrogens with zero attached hydrogens (tertiary/aromatic N) is 1. The van der Waals surface area contributed by atoms with Crippen LogP contribution in [0.5, 0.6) is 0 Å². The molecule has 0 saturated carbocycles. The number of thiazole rings is 1. The summed E-state index contributed by atoms with van der Waals surface area (Å²) in [7, 11) is 1.29. The molecular formula is C16H11FN2O3S2. The second-order valence-corrected chi connectivity index (χ2v) is 6.60. The van der Waals surface area contributed by atoms with E-state index in [0.29, 0.717) is 20.6 Å². The molecule has 1 N–H and O–H groups in total. The Morgan fingerprint density at radius 1 is 1.12 bits per heavy atom. The number of aromatic nitrogens is 1. The second kappa shape index (κ2) is 6.90. The number of carbonyl (C=O) groups excluding carboxylic acids is 2. The molecule has 0 radical (unpaired) electrons. The number of ether oxygens (including phenoxy) is 1. The molecule has 1 aromatic carbocycles. The molecule has 0 aliphatic heterocycles. The molecule has 0 atom stereocenters. The van der Waals surface area contributed by atoms with Crippen molar-refractivity contribution in [1.82, 2.24) is 4.98 Å². The van der Waals surface area contributed by atoms with Crippen LogP contribution in [0.3, 0.4) is 0 Å². The average Bonchev–Trinajstić information content (AvgIpc) is 3.24. The van der Waals surface area contributed by atoms with Gasteiger partial charge in [-0.3, -0.25) is 10.1 Å². The first-order chi connectivity index (χ1) is 11.6. The number of carbonyl (C=O) groups is 2. The van der Waals surface area contributed by atoms with Crippen LogP contribution in [0, 0.1) is 5.82 Å². The minimum atomic E-state index is -0.480. The maximum atomic E-state index is 12.9. The van der Waals surface area contributed by atoms with E-state index in [0.717, 1.165) is 16.9 Å². The lowest BCUT2D eigenvalue weighted by Crippen LogP contribution is -2.09. The average molecular weight is 362 g/mol. The van der Waals surface area contributed by atoms with Crippen molar-refractivity contribution in [2.45, 2.75) is 0 Å². The Kier molecular flexibility index (Phi) is 4.68. The van der Waals surface area contributed by atoms with Crippen LogP contribution in [-0.2, 0) is 4.74 Å². The van der Waals surface area contributed by atoms with Gasteiger partial charge in [-0.2, -0.15) is 0 Å². The zero-order valence-electron chi connectivity index (χ0n) is 12.4. The van der Waals surface area contributed by atoms with Crippen LogP contribution in [0.15, 0.2) is 41.8 Å². The van der Waals surface area contributed by atoms with E-state index >= 15 is 0 Å². The molecule has 0 aliphatic carbocycles. The Labute approximate surface area is 144 Å². The van der Waals surface area contributed by atoms with Crippen LogP contribution in [0.4, 0.5) is 9.52 Å². The van der Waals surface area contributed by atoms with Gasteiger partial charge in [0, 0.05) is 10.9 Å². The van der Waals surface area contributed by atoms with Gasteiger partial charge in [0.05, 0.1) is 17.7 Å². The van der Waals surface area contributed by atoms with Crippen molar-refractivity contribution in [3.63, 3.8) is 0 Å². The highest BCUT2D eigenvalue weighted by atomic mass is 32.1. The van der Waals surface area contributed by atoms with E-state index in [-0.39, 0.29) is 11.7 Å². The van der Waals surface area contributed by atoms with E-state index in [9.17, 15) is 14.0 Å². The highest BCUT2D eigenvalue weighted by Crippen LogP contribution is 2.26. The van der Waals surface area contributed by atoms with Gasteiger partial charge in [-0.05, 0) is 36.4 Å². The number of hydrogen-bond acceptors (Lipinski definition) is 6. The molecule has 24 heavy (non-hydrogen) atoms. The summed E-state index contributed by atoms with van der Waals surface area (Å²) in [6, 6.07) is 9.05. The van der Waals surface area contributed by atoms with Crippen molar-refractivity contribution < 1.29 is 18.7 Å². The minimum absolute atomic E-state index is 0.318. The molecular weight excluding hydrogens is 351 g/mol. The van der Waals surface area contributed by atoms with Gasteiger partial charge in [0.25, 0.3) is 5.91 Å². The largest absolute Gasteiger partial charge is 0.465 e. The molecule has 0 saturated heterocycles. The number of rotatable bonds is 4. The Balaban J connectivity index is 1.72. The quantitative estimate of drug-likeness (QED) is 0.711. The fourth-order valence-corrected chi connectivity index (χ4v) is 3.45. The van der Waals surface area contributed by atoms with Crippen LogP contribution in [0.25, 0.3) is 11.3 Å². The van der Waals surface area contributed by atoms with Gasteiger partial charge in [0.2, 0.25) is 0 Å². The topological polar surface area (TPSA) is 68.3 Å². The van der Waals surface area contributed by atoms with Crippen molar-refractivity contribution >= 4 is 39.7 Å². The number of hydrogen-bond donors (Lipinski definition) is 1. The monoisotopic (exact) mass is 362 g/mol. The summed E-state index contributed by atoms with van der Waals surface area (Å²) in [5.74, 6) is -1.15. The highest BCUT2D eigenvalue weighted by Gasteiger charge is 2.15. The Morgan fingerprint density at radius 2 is 1.83 bits per heavy atom. The first-order valence-corrected chi connectivity index (χ1v) is 8.47. The Morgan fingerprint density at radius 3 is 2.54 bits per heavy atom. The number of benzene rings is 1. The number of esters is 1. The van der Waals surface area contributed by atoms with Gasteiger partial charge in [-0.25, -0.2) is 14.2 Å². The predicted octanol–water partition coefficient (Wildman–Crippen LogP) is 4.05. The predicted molar refractivity (Wildman–Crippen MR) is 91.1 cm³/mol. The number of thiophene rings is 1. The lowest BCUT2D eigenvalue weighted by Gasteiger charge is -1.99. The molecule has 0 unspecified atom stereocenters. The fourth-order valence-electron chi connectivity index (χ4n) is 1.91.